The van der Waals surface area contributed by atoms with E-state index in [-0.39, 0.29) is 16.7 Å². The molecule has 0 radical (unpaired) electrons. The summed E-state index contributed by atoms with van der Waals surface area (Å²) >= 11 is 6.54. The number of hydrogen-bond acceptors (Lipinski definition) is 5. The smallest absolute Gasteiger partial charge is 0.274 e. The molecule has 0 aliphatic heterocycles. The lowest BCUT2D eigenvalue weighted by Crippen LogP contribution is -2.32. The number of carbonyl (C=O) groups excluding carboxylic acids is 1. The lowest BCUT2D eigenvalue weighted by Gasteiger charge is -2.08. The Labute approximate surface area is 142 Å². The summed E-state index contributed by atoms with van der Waals surface area (Å²) in [6, 6.07) is 8.41. The van der Waals surface area contributed by atoms with Crippen LogP contribution in [0.25, 0.3) is 6.08 Å². The summed E-state index contributed by atoms with van der Waals surface area (Å²) in [5, 5.41) is 18.1. The minimum atomic E-state index is -0.466. The van der Waals surface area contributed by atoms with Crippen molar-refractivity contribution in [2.45, 2.75) is 6.92 Å². The van der Waals surface area contributed by atoms with Crippen molar-refractivity contribution in [2.24, 2.45) is 0 Å². The molecule has 0 atom stereocenters. The molecule has 1 aromatic heterocycles. The van der Waals surface area contributed by atoms with Gasteiger partial charge in [-0.05, 0) is 42.7 Å². The van der Waals surface area contributed by atoms with Crippen molar-refractivity contribution in [1.82, 2.24) is 5.32 Å². The van der Waals surface area contributed by atoms with Crippen LogP contribution in [0.3, 0.4) is 0 Å². The average Bonchev–Trinajstić information content (AvgIpc) is 3.00. The van der Waals surface area contributed by atoms with Gasteiger partial charge in [-0.2, -0.15) is 0 Å². The highest BCUT2D eigenvalue weighted by Crippen LogP contribution is 2.22. The van der Waals surface area contributed by atoms with Crippen LogP contribution in [0.2, 0.25) is 0 Å². The number of nitrogens with zero attached hydrogens (tertiary/aromatic N) is 1. The monoisotopic (exact) mass is 347 g/mol. The van der Waals surface area contributed by atoms with E-state index in [1.165, 1.54) is 23.5 Å². The number of rotatable bonds is 4. The predicted molar refractivity (Wildman–Crippen MR) is 95.5 cm³/mol. The topological polar surface area (TPSA) is 84.3 Å². The Morgan fingerprint density at radius 1 is 1.39 bits per heavy atom. The molecule has 0 aliphatic carbocycles. The number of nitro groups is 1. The first-order chi connectivity index (χ1) is 11.0. The number of thiocarbonyl (C=S) groups is 1. The normalized spacial score (nSPS) is 10.5. The molecule has 0 bridgehead atoms. The highest BCUT2D eigenvalue weighted by Gasteiger charge is 2.11. The van der Waals surface area contributed by atoms with Crippen LogP contribution in [0.5, 0.6) is 0 Å². The van der Waals surface area contributed by atoms with E-state index in [4.69, 9.17) is 12.2 Å². The number of anilines is 1. The van der Waals surface area contributed by atoms with Gasteiger partial charge in [0.15, 0.2) is 5.11 Å². The maximum Gasteiger partial charge on any atom is 0.274 e. The van der Waals surface area contributed by atoms with E-state index in [9.17, 15) is 14.9 Å². The van der Waals surface area contributed by atoms with Gasteiger partial charge in [0.2, 0.25) is 5.91 Å². The summed E-state index contributed by atoms with van der Waals surface area (Å²) in [7, 11) is 0. The minimum absolute atomic E-state index is 0.0123. The summed E-state index contributed by atoms with van der Waals surface area (Å²) in [5.41, 5.74) is 0.978. The van der Waals surface area contributed by atoms with Crippen LogP contribution in [0.4, 0.5) is 11.4 Å². The Bertz CT molecular complexity index is 770. The van der Waals surface area contributed by atoms with Crippen LogP contribution >= 0.6 is 23.6 Å². The third-order valence-electron chi connectivity index (χ3n) is 2.84. The minimum Gasteiger partial charge on any atom is -0.332 e. The number of carbonyl (C=O) groups is 1. The van der Waals surface area contributed by atoms with Gasteiger partial charge in [0.25, 0.3) is 5.69 Å². The van der Waals surface area contributed by atoms with Gasteiger partial charge in [0.1, 0.15) is 0 Å². The lowest BCUT2D eigenvalue weighted by atomic mass is 10.2. The zero-order valence-electron chi connectivity index (χ0n) is 12.1. The van der Waals surface area contributed by atoms with Gasteiger partial charge >= 0.3 is 0 Å². The number of amides is 1. The second-order valence-corrected chi connectivity index (χ2v) is 5.94. The van der Waals surface area contributed by atoms with Gasteiger partial charge in [-0.1, -0.05) is 12.1 Å². The van der Waals surface area contributed by atoms with Crippen molar-refractivity contribution in [1.29, 1.82) is 0 Å². The van der Waals surface area contributed by atoms with Crippen molar-refractivity contribution < 1.29 is 9.72 Å². The standard InChI is InChI=1S/C15H13N3O3S2/c1-10-4-5-11(9-13(10)18(20)21)16-15(22)17-14(19)7-6-12-3-2-8-23-12/h2-9H,1H3,(H2,16,17,19,22). The Morgan fingerprint density at radius 2 is 2.17 bits per heavy atom. The van der Waals surface area contributed by atoms with Crippen molar-refractivity contribution in [3.05, 3.63) is 62.3 Å². The maximum absolute atomic E-state index is 11.7. The molecule has 2 aromatic rings. The van der Waals surface area contributed by atoms with Gasteiger partial charge in [-0.3, -0.25) is 20.2 Å². The third kappa shape index (κ3) is 4.97. The van der Waals surface area contributed by atoms with Crippen LogP contribution in [0.1, 0.15) is 10.4 Å². The fraction of sp³-hybridized carbons (Fsp3) is 0.0667. The van der Waals surface area contributed by atoms with E-state index in [0.717, 1.165) is 4.88 Å². The van der Waals surface area contributed by atoms with E-state index in [0.29, 0.717) is 11.3 Å². The number of hydrogen-bond donors (Lipinski definition) is 2. The van der Waals surface area contributed by atoms with Gasteiger partial charge in [-0.25, -0.2) is 0 Å². The molecule has 1 aromatic carbocycles. The molecule has 0 aliphatic rings. The Morgan fingerprint density at radius 3 is 2.83 bits per heavy atom. The molecule has 2 N–H and O–H groups in total. The quantitative estimate of drug-likeness (QED) is 0.383. The van der Waals surface area contributed by atoms with Crippen LogP contribution in [0, 0.1) is 17.0 Å². The van der Waals surface area contributed by atoms with E-state index in [1.54, 1.807) is 25.1 Å². The molecule has 0 saturated heterocycles. The lowest BCUT2D eigenvalue weighted by molar-refractivity contribution is -0.385. The van der Waals surface area contributed by atoms with Crippen molar-refractivity contribution in [2.75, 3.05) is 5.32 Å². The van der Waals surface area contributed by atoms with Crippen LogP contribution in [-0.2, 0) is 4.79 Å². The second-order valence-electron chi connectivity index (χ2n) is 4.55. The fourth-order valence-electron chi connectivity index (χ4n) is 1.74. The van der Waals surface area contributed by atoms with Crippen molar-refractivity contribution in [3.63, 3.8) is 0 Å². The predicted octanol–water partition coefficient (Wildman–Crippen LogP) is 3.49. The first-order valence-corrected chi connectivity index (χ1v) is 7.83. The average molecular weight is 347 g/mol. The fourth-order valence-corrected chi connectivity index (χ4v) is 2.58. The van der Waals surface area contributed by atoms with E-state index in [2.05, 4.69) is 10.6 Å². The van der Waals surface area contributed by atoms with Gasteiger partial charge < -0.3 is 5.32 Å². The van der Waals surface area contributed by atoms with Crippen LogP contribution in [0.15, 0.2) is 41.8 Å². The number of aryl methyl sites for hydroxylation is 1. The first-order valence-electron chi connectivity index (χ1n) is 6.54. The number of nitrogens with one attached hydrogen (secondary N) is 2. The molecule has 1 heterocycles. The Kier molecular flexibility index (Phi) is 5.56. The molecular weight excluding hydrogens is 334 g/mol. The largest absolute Gasteiger partial charge is 0.332 e. The summed E-state index contributed by atoms with van der Waals surface area (Å²) in [6.45, 7) is 1.65. The SMILES string of the molecule is Cc1ccc(NC(=S)NC(=O)C=Cc2cccs2)cc1[N+](=O)[O-]. The number of benzene rings is 1. The number of nitro benzene ring substituents is 1. The molecule has 0 spiro atoms. The summed E-state index contributed by atoms with van der Waals surface area (Å²) in [6.07, 6.45) is 3.05. The summed E-state index contributed by atoms with van der Waals surface area (Å²) in [5.74, 6) is -0.377. The molecular formula is C15H13N3O3S2. The molecule has 2 rings (SSSR count). The molecule has 6 nitrogen and oxygen atoms in total. The van der Waals surface area contributed by atoms with Crippen molar-refractivity contribution >= 4 is 52.0 Å². The van der Waals surface area contributed by atoms with Gasteiger partial charge in [0, 0.05) is 28.3 Å². The first kappa shape index (κ1) is 16.8. The third-order valence-corrected chi connectivity index (χ3v) is 3.88. The number of thiophene rings is 1. The van der Waals surface area contributed by atoms with E-state index >= 15 is 0 Å². The summed E-state index contributed by atoms with van der Waals surface area (Å²) < 4.78 is 0. The summed E-state index contributed by atoms with van der Waals surface area (Å²) in [4.78, 5) is 23.1. The highest BCUT2D eigenvalue weighted by atomic mass is 32.1. The van der Waals surface area contributed by atoms with Crippen LogP contribution < -0.4 is 10.6 Å². The zero-order valence-corrected chi connectivity index (χ0v) is 13.7. The molecule has 8 heteroatoms. The molecule has 0 saturated carbocycles. The maximum atomic E-state index is 11.7. The zero-order chi connectivity index (χ0) is 16.8. The molecule has 0 unspecified atom stereocenters. The Balaban J connectivity index is 1.95. The Hall–Kier alpha value is -2.58. The second kappa shape index (κ2) is 7.61. The van der Waals surface area contributed by atoms with E-state index < -0.39 is 4.92 Å². The van der Waals surface area contributed by atoms with Crippen LogP contribution in [-0.4, -0.2) is 15.9 Å². The van der Waals surface area contributed by atoms with Gasteiger partial charge in [-0.15, -0.1) is 11.3 Å². The van der Waals surface area contributed by atoms with Gasteiger partial charge in [0.05, 0.1) is 4.92 Å². The van der Waals surface area contributed by atoms with Crippen molar-refractivity contribution in [3.8, 4) is 0 Å². The molecule has 23 heavy (non-hydrogen) atoms. The van der Waals surface area contributed by atoms with E-state index in [1.807, 2.05) is 17.5 Å². The molecule has 1 amide bonds. The molecule has 118 valence electrons. The highest BCUT2D eigenvalue weighted by molar-refractivity contribution is 7.80. The molecule has 0 fully saturated rings.